The van der Waals surface area contributed by atoms with Gasteiger partial charge in [0.1, 0.15) is 11.8 Å². The Labute approximate surface area is 133 Å². The van der Waals surface area contributed by atoms with E-state index in [2.05, 4.69) is 5.32 Å². The number of hydrogen-bond donors (Lipinski definition) is 3. The second-order valence-electron chi connectivity index (χ2n) is 5.28. The zero-order valence-electron chi connectivity index (χ0n) is 12.9. The standard InChI is InChI=1S/C17H19NO5/c1-10(16(20)18-15(9-19)17(21)22)11-3-4-13-8-14(23-2)6-5-12(13)7-11/h3-8,10,15,19H,9H2,1-2H3,(H,18,20)(H,21,22)/t10-,15-/m0/s1. The highest BCUT2D eigenvalue weighted by Crippen LogP contribution is 2.25. The lowest BCUT2D eigenvalue weighted by molar-refractivity contribution is -0.143. The summed E-state index contributed by atoms with van der Waals surface area (Å²) in [6, 6.07) is 9.93. The first kappa shape index (κ1) is 16.8. The molecular weight excluding hydrogens is 298 g/mol. The Morgan fingerprint density at radius 3 is 2.43 bits per heavy atom. The van der Waals surface area contributed by atoms with Crippen molar-refractivity contribution in [3.8, 4) is 5.75 Å². The number of carboxylic acid groups (broad SMARTS) is 1. The molecule has 2 rings (SSSR count). The van der Waals surface area contributed by atoms with Crippen LogP contribution in [0, 0.1) is 0 Å². The van der Waals surface area contributed by atoms with Gasteiger partial charge >= 0.3 is 5.97 Å². The van der Waals surface area contributed by atoms with Gasteiger partial charge in [0.05, 0.1) is 19.6 Å². The molecule has 0 aliphatic heterocycles. The van der Waals surface area contributed by atoms with E-state index in [9.17, 15) is 9.59 Å². The lowest BCUT2D eigenvalue weighted by Gasteiger charge is -2.17. The molecule has 6 heteroatoms. The van der Waals surface area contributed by atoms with Crippen LogP contribution in [-0.2, 0) is 9.59 Å². The molecule has 6 nitrogen and oxygen atoms in total. The second-order valence-corrected chi connectivity index (χ2v) is 5.28. The Morgan fingerprint density at radius 2 is 1.83 bits per heavy atom. The average molecular weight is 317 g/mol. The van der Waals surface area contributed by atoms with E-state index in [1.165, 1.54) is 0 Å². The first-order valence-corrected chi connectivity index (χ1v) is 7.18. The Hall–Kier alpha value is -2.60. The molecule has 3 N–H and O–H groups in total. The molecular formula is C17H19NO5. The molecule has 23 heavy (non-hydrogen) atoms. The number of carboxylic acids is 1. The van der Waals surface area contributed by atoms with Crippen molar-refractivity contribution >= 4 is 22.6 Å². The molecule has 122 valence electrons. The normalized spacial score (nSPS) is 13.3. The van der Waals surface area contributed by atoms with Gasteiger partial charge in [-0.15, -0.1) is 0 Å². The minimum atomic E-state index is -1.30. The number of carbonyl (C=O) groups is 2. The summed E-state index contributed by atoms with van der Waals surface area (Å²) in [5, 5.41) is 22.1. The maximum Gasteiger partial charge on any atom is 0.328 e. The molecule has 0 unspecified atom stereocenters. The van der Waals surface area contributed by atoms with Gasteiger partial charge in [0.15, 0.2) is 0 Å². The van der Waals surface area contributed by atoms with Crippen LogP contribution in [0.5, 0.6) is 5.75 Å². The molecule has 0 aromatic heterocycles. The fourth-order valence-corrected chi connectivity index (χ4v) is 2.27. The topological polar surface area (TPSA) is 95.9 Å². The van der Waals surface area contributed by atoms with E-state index in [-0.39, 0.29) is 0 Å². The first-order chi connectivity index (χ1) is 11.0. The van der Waals surface area contributed by atoms with E-state index < -0.39 is 30.4 Å². The minimum Gasteiger partial charge on any atom is -0.497 e. The van der Waals surface area contributed by atoms with Gasteiger partial charge in [-0.25, -0.2) is 4.79 Å². The SMILES string of the molecule is COc1ccc2cc([C@H](C)C(=O)N[C@@H](CO)C(=O)O)ccc2c1. The van der Waals surface area contributed by atoms with E-state index in [1.807, 2.05) is 36.4 Å². The molecule has 0 radical (unpaired) electrons. The second kappa shape index (κ2) is 7.11. The third kappa shape index (κ3) is 3.78. The Balaban J connectivity index is 2.21. The summed E-state index contributed by atoms with van der Waals surface area (Å²) in [7, 11) is 1.60. The number of benzene rings is 2. The smallest absolute Gasteiger partial charge is 0.328 e. The monoisotopic (exact) mass is 317 g/mol. The number of amides is 1. The van der Waals surface area contributed by atoms with Gasteiger partial charge < -0.3 is 20.3 Å². The summed E-state index contributed by atoms with van der Waals surface area (Å²) < 4.78 is 5.17. The van der Waals surface area contributed by atoms with Crippen LogP contribution in [0.4, 0.5) is 0 Å². The van der Waals surface area contributed by atoms with Crippen molar-refractivity contribution in [2.45, 2.75) is 18.9 Å². The molecule has 0 bridgehead atoms. The molecule has 0 fully saturated rings. The summed E-state index contributed by atoms with van der Waals surface area (Å²) in [4.78, 5) is 23.0. The van der Waals surface area contributed by atoms with Crippen molar-refractivity contribution in [3.05, 3.63) is 42.0 Å². The van der Waals surface area contributed by atoms with Crippen LogP contribution >= 0.6 is 0 Å². The van der Waals surface area contributed by atoms with E-state index in [0.29, 0.717) is 0 Å². The maximum absolute atomic E-state index is 12.1. The lowest BCUT2D eigenvalue weighted by atomic mass is 9.96. The zero-order valence-corrected chi connectivity index (χ0v) is 12.9. The predicted octanol–water partition coefficient (Wildman–Crippen LogP) is 1.51. The van der Waals surface area contributed by atoms with Gasteiger partial charge in [0.2, 0.25) is 5.91 Å². The van der Waals surface area contributed by atoms with Crippen LogP contribution in [0.3, 0.4) is 0 Å². The fourth-order valence-electron chi connectivity index (χ4n) is 2.27. The number of rotatable bonds is 6. The number of aliphatic hydroxyl groups is 1. The highest BCUT2D eigenvalue weighted by atomic mass is 16.5. The van der Waals surface area contributed by atoms with Crippen LogP contribution in [0.25, 0.3) is 10.8 Å². The number of fused-ring (bicyclic) bond motifs is 1. The molecule has 2 aromatic rings. The highest BCUT2D eigenvalue weighted by Gasteiger charge is 2.23. The van der Waals surface area contributed by atoms with Crippen LogP contribution in [-0.4, -0.2) is 41.8 Å². The number of hydrogen-bond acceptors (Lipinski definition) is 4. The molecule has 2 atom stereocenters. The Morgan fingerprint density at radius 1 is 1.17 bits per heavy atom. The van der Waals surface area contributed by atoms with Crippen molar-refractivity contribution < 1.29 is 24.5 Å². The van der Waals surface area contributed by atoms with Gasteiger partial charge in [-0.2, -0.15) is 0 Å². The Bertz CT molecular complexity index is 728. The van der Waals surface area contributed by atoms with Gasteiger partial charge in [-0.1, -0.05) is 24.3 Å². The van der Waals surface area contributed by atoms with Crippen molar-refractivity contribution in [1.29, 1.82) is 0 Å². The first-order valence-electron chi connectivity index (χ1n) is 7.18. The molecule has 0 heterocycles. The summed E-state index contributed by atoms with van der Waals surface area (Å²) in [5.41, 5.74) is 0.766. The number of aliphatic hydroxyl groups excluding tert-OH is 1. The van der Waals surface area contributed by atoms with Crippen LogP contribution < -0.4 is 10.1 Å². The number of aliphatic carboxylic acids is 1. The quantitative estimate of drug-likeness (QED) is 0.750. The van der Waals surface area contributed by atoms with E-state index in [0.717, 1.165) is 22.1 Å². The summed E-state index contributed by atoms with van der Waals surface area (Å²) in [6.45, 7) is 1.04. The molecule has 1 amide bonds. The number of nitrogens with one attached hydrogen (secondary N) is 1. The van der Waals surface area contributed by atoms with Crippen molar-refractivity contribution in [2.75, 3.05) is 13.7 Å². The molecule has 0 spiro atoms. The van der Waals surface area contributed by atoms with E-state index in [4.69, 9.17) is 14.9 Å². The van der Waals surface area contributed by atoms with E-state index in [1.54, 1.807) is 14.0 Å². The molecule has 0 aliphatic carbocycles. The molecule has 2 aromatic carbocycles. The summed E-state index contributed by atoms with van der Waals surface area (Å²) in [6.07, 6.45) is 0. The third-order valence-corrected chi connectivity index (χ3v) is 3.76. The van der Waals surface area contributed by atoms with Gasteiger partial charge in [0, 0.05) is 0 Å². The van der Waals surface area contributed by atoms with Gasteiger partial charge in [-0.05, 0) is 35.4 Å². The van der Waals surface area contributed by atoms with Crippen LogP contribution in [0.1, 0.15) is 18.4 Å². The molecule has 0 saturated heterocycles. The average Bonchev–Trinajstić information content (AvgIpc) is 2.57. The van der Waals surface area contributed by atoms with Gasteiger partial charge in [-0.3, -0.25) is 4.79 Å². The predicted molar refractivity (Wildman–Crippen MR) is 85.6 cm³/mol. The minimum absolute atomic E-state index is 0.445. The number of carbonyl (C=O) groups excluding carboxylic acids is 1. The van der Waals surface area contributed by atoms with Crippen molar-refractivity contribution in [2.24, 2.45) is 0 Å². The zero-order chi connectivity index (χ0) is 17.0. The largest absolute Gasteiger partial charge is 0.497 e. The van der Waals surface area contributed by atoms with Crippen molar-refractivity contribution in [1.82, 2.24) is 5.32 Å². The number of ether oxygens (including phenoxy) is 1. The number of methoxy groups -OCH3 is 1. The van der Waals surface area contributed by atoms with Crippen LogP contribution in [0.15, 0.2) is 36.4 Å². The van der Waals surface area contributed by atoms with Crippen LogP contribution in [0.2, 0.25) is 0 Å². The highest BCUT2D eigenvalue weighted by molar-refractivity contribution is 5.90. The molecule has 0 aliphatic rings. The fraction of sp³-hybridized carbons (Fsp3) is 0.294. The molecule has 0 saturated carbocycles. The van der Waals surface area contributed by atoms with Gasteiger partial charge in [0.25, 0.3) is 0 Å². The lowest BCUT2D eigenvalue weighted by Crippen LogP contribution is -2.44. The summed E-state index contributed by atoms with van der Waals surface area (Å²) >= 11 is 0. The van der Waals surface area contributed by atoms with Crippen molar-refractivity contribution in [3.63, 3.8) is 0 Å². The maximum atomic E-state index is 12.1. The summed E-state index contributed by atoms with van der Waals surface area (Å²) in [5.74, 6) is -1.49. The third-order valence-electron chi connectivity index (χ3n) is 3.76. The van der Waals surface area contributed by atoms with E-state index >= 15 is 0 Å². The Kier molecular flexibility index (Phi) is 5.18.